The van der Waals surface area contributed by atoms with Crippen molar-refractivity contribution in [3.8, 4) is 11.3 Å². The van der Waals surface area contributed by atoms with E-state index in [4.69, 9.17) is 0 Å². The van der Waals surface area contributed by atoms with Gasteiger partial charge in [-0.25, -0.2) is 14.4 Å². The molecule has 0 aliphatic heterocycles. The number of hydrogen-bond donors (Lipinski definition) is 0. The number of rotatable bonds is 6. The monoisotopic (exact) mass is 489 g/mol. The summed E-state index contributed by atoms with van der Waals surface area (Å²) in [6.07, 6.45) is 3.25. The predicted octanol–water partition coefficient (Wildman–Crippen LogP) is 6.28. The van der Waals surface area contributed by atoms with Gasteiger partial charge in [-0.15, -0.1) is 0 Å². The molecule has 0 saturated heterocycles. The van der Waals surface area contributed by atoms with Gasteiger partial charge in [-0.2, -0.15) is 13.2 Å². The highest BCUT2D eigenvalue weighted by atomic mass is 19.4. The number of halogens is 4. The summed E-state index contributed by atoms with van der Waals surface area (Å²) >= 11 is 0. The maximum atomic E-state index is 14.8. The molecule has 5 rings (SSSR count). The van der Waals surface area contributed by atoms with Gasteiger partial charge in [-0.05, 0) is 41.5 Å². The van der Waals surface area contributed by atoms with Gasteiger partial charge in [0.05, 0.1) is 22.6 Å². The minimum absolute atomic E-state index is 0.0478. The van der Waals surface area contributed by atoms with Crippen LogP contribution in [0, 0.1) is 5.82 Å². The molecule has 4 nitrogen and oxygen atoms in total. The number of hydrogen-bond acceptors (Lipinski definition) is 4. The van der Waals surface area contributed by atoms with Crippen LogP contribution in [0.15, 0.2) is 73.2 Å². The number of carbonyl (C=O) groups is 1. The van der Waals surface area contributed by atoms with E-state index in [2.05, 4.69) is 15.0 Å². The van der Waals surface area contributed by atoms with E-state index >= 15 is 0 Å². The van der Waals surface area contributed by atoms with Crippen LogP contribution in [-0.2, 0) is 25.4 Å². The summed E-state index contributed by atoms with van der Waals surface area (Å²) in [6.45, 7) is 0. The third kappa shape index (κ3) is 4.79. The number of alkyl halides is 3. The lowest BCUT2D eigenvalue weighted by Crippen LogP contribution is -2.09. The molecule has 0 unspecified atom stereocenters. The molecule has 36 heavy (non-hydrogen) atoms. The lowest BCUT2D eigenvalue weighted by atomic mass is 9.96. The van der Waals surface area contributed by atoms with Crippen molar-refractivity contribution in [2.24, 2.45) is 0 Å². The number of fused-ring (bicyclic) bond motifs is 1. The molecule has 2 aromatic heterocycles. The normalized spacial score (nSPS) is 12.6. The van der Waals surface area contributed by atoms with Gasteiger partial charge < -0.3 is 0 Å². The molecule has 0 amide bonds. The Kier molecular flexibility index (Phi) is 6.18. The Hall–Kier alpha value is -4.20. The first-order valence-electron chi connectivity index (χ1n) is 11.2. The Morgan fingerprint density at radius 3 is 2.67 bits per heavy atom. The quantitative estimate of drug-likeness (QED) is 0.236. The van der Waals surface area contributed by atoms with Crippen molar-refractivity contribution in [1.82, 2.24) is 15.0 Å². The highest BCUT2D eigenvalue weighted by Crippen LogP contribution is 2.32. The van der Waals surface area contributed by atoms with Crippen LogP contribution in [0.2, 0.25) is 0 Å². The van der Waals surface area contributed by atoms with Gasteiger partial charge in [0.25, 0.3) is 0 Å². The molecule has 1 aliphatic rings. The Morgan fingerprint density at radius 1 is 0.972 bits per heavy atom. The summed E-state index contributed by atoms with van der Waals surface area (Å²) in [4.78, 5) is 25.9. The summed E-state index contributed by atoms with van der Waals surface area (Å²) in [5.41, 5.74) is 3.79. The van der Waals surface area contributed by atoms with Crippen molar-refractivity contribution in [3.05, 3.63) is 118 Å². The topological polar surface area (TPSA) is 55.7 Å². The molecule has 1 aliphatic carbocycles. The zero-order valence-corrected chi connectivity index (χ0v) is 18.9. The SMILES string of the molecule is O=C(Cc1ccc(F)c(Cc2ncccc2-c2ncnc3c2C=CC3)c1)c1cccc(C(F)(F)F)c1. The fourth-order valence-electron chi connectivity index (χ4n) is 4.28. The van der Waals surface area contributed by atoms with Gasteiger partial charge in [0.15, 0.2) is 5.78 Å². The second-order valence-electron chi connectivity index (χ2n) is 8.47. The van der Waals surface area contributed by atoms with Crippen LogP contribution in [0.3, 0.4) is 0 Å². The lowest BCUT2D eigenvalue weighted by molar-refractivity contribution is -0.137. The van der Waals surface area contributed by atoms with Crippen LogP contribution in [-0.4, -0.2) is 20.7 Å². The molecular weight excluding hydrogens is 470 g/mol. The van der Waals surface area contributed by atoms with Crippen molar-refractivity contribution in [2.75, 3.05) is 0 Å². The molecule has 0 spiro atoms. The molecule has 2 heterocycles. The number of nitrogens with zero attached hydrogens (tertiary/aromatic N) is 3. The molecule has 0 radical (unpaired) electrons. The first-order chi connectivity index (χ1) is 17.3. The van der Waals surface area contributed by atoms with Gasteiger partial charge in [-0.1, -0.05) is 36.4 Å². The smallest absolute Gasteiger partial charge is 0.294 e. The number of carbonyl (C=O) groups excluding carboxylic acids is 1. The van der Waals surface area contributed by atoms with E-state index in [1.807, 2.05) is 18.2 Å². The third-order valence-corrected chi connectivity index (χ3v) is 6.05. The Balaban J connectivity index is 1.42. The summed E-state index contributed by atoms with van der Waals surface area (Å²) in [5.74, 6) is -0.949. The van der Waals surface area contributed by atoms with Crippen molar-refractivity contribution >= 4 is 11.9 Å². The van der Waals surface area contributed by atoms with Crippen molar-refractivity contribution < 1.29 is 22.4 Å². The second-order valence-corrected chi connectivity index (χ2v) is 8.47. The maximum Gasteiger partial charge on any atom is 0.416 e. The Labute approximate surface area is 204 Å². The van der Waals surface area contributed by atoms with E-state index in [-0.39, 0.29) is 18.4 Å². The summed E-state index contributed by atoms with van der Waals surface area (Å²) < 4.78 is 53.8. The van der Waals surface area contributed by atoms with E-state index in [1.54, 1.807) is 18.3 Å². The maximum absolute atomic E-state index is 14.8. The van der Waals surface area contributed by atoms with Gasteiger partial charge in [0, 0.05) is 42.1 Å². The average molecular weight is 489 g/mol. The van der Waals surface area contributed by atoms with Gasteiger partial charge >= 0.3 is 6.18 Å². The number of allylic oxidation sites excluding steroid dienone is 1. The minimum atomic E-state index is -4.54. The van der Waals surface area contributed by atoms with E-state index in [9.17, 15) is 22.4 Å². The molecule has 0 atom stereocenters. The lowest BCUT2D eigenvalue weighted by Gasteiger charge is -2.12. The molecule has 0 saturated carbocycles. The number of pyridine rings is 1. The van der Waals surface area contributed by atoms with E-state index < -0.39 is 23.3 Å². The molecule has 8 heteroatoms. The highest BCUT2D eigenvalue weighted by molar-refractivity contribution is 5.97. The summed E-state index contributed by atoms with van der Waals surface area (Å²) in [7, 11) is 0. The van der Waals surface area contributed by atoms with Crippen molar-refractivity contribution in [3.63, 3.8) is 0 Å². The van der Waals surface area contributed by atoms with E-state index in [0.717, 1.165) is 35.4 Å². The number of Topliss-reactive ketones (excluding diaryl/α,β-unsaturated/α-hetero) is 1. The van der Waals surface area contributed by atoms with Gasteiger partial charge in [0.2, 0.25) is 0 Å². The molecule has 180 valence electrons. The number of ketones is 1. The minimum Gasteiger partial charge on any atom is -0.294 e. The van der Waals surface area contributed by atoms with Crippen LogP contribution in [0.1, 0.15) is 44.0 Å². The molecule has 0 N–H and O–H groups in total. The fraction of sp³-hybridized carbons (Fsp3) is 0.143. The molecular formula is C28H19F4N3O. The Bertz CT molecular complexity index is 1490. The number of benzene rings is 2. The molecule has 4 aromatic rings. The summed E-state index contributed by atoms with van der Waals surface area (Å²) in [6, 6.07) is 12.2. The Morgan fingerprint density at radius 2 is 1.83 bits per heavy atom. The summed E-state index contributed by atoms with van der Waals surface area (Å²) in [5, 5.41) is 0. The standard InChI is InChI=1S/C28H19F4N3O/c29-23-10-9-17(13-26(36)18-4-1-5-20(14-18)28(30,31)32)12-19(23)15-25-22(7-3-11-33-25)27-21-6-2-8-24(21)34-16-35-27/h1-7,9-12,14,16H,8,13,15H2. The predicted molar refractivity (Wildman–Crippen MR) is 127 cm³/mol. The zero-order valence-electron chi connectivity index (χ0n) is 18.9. The molecule has 0 bridgehead atoms. The molecule has 2 aromatic carbocycles. The first kappa shape index (κ1) is 23.5. The third-order valence-electron chi connectivity index (χ3n) is 6.05. The van der Waals surface area contributed by atoms with Crippen LogP contribution >= 0.6 is 0 Å². The van der Waals surface area contributed by atoms with Crippen LogP contribution in [0.5, 0.6) is 0 Å². The van der Waals surface area contributed by atoms with Crippen LogP contribution < -0.4 is 0 Å². The van der Waals surface area contributed by atoms with Gasteiger partial charge in [-0.3, -0.25) is 9.78 Å². The molecule has 0 fully saturated rings. The fourth-order valence-corrected chi connectivity index (χ4v) is 4.28. The van der Waals surface area contributed by atoms with Crippen LogP contribution in [0.4, 0.5) is 17.6 Å². The highest BCUT2D eigenvalue weighted by Gasteiger charge is 2.31. The average Bonchev–Trinajstić information content (AvgIpc) is 3.35. The first-order valence-corrected chi connectivity index (χ1v) is 11.2. The zero-order chi connectivity index (χ0) is 25.3. The van der Waals surface area contributed by atoms with E-state index in [1.165, 1.54) is 30.6 Å². The van der Waals surface area contributed by atoms with Crippen molar-refractivity contribution in [1.29, 1.82) is 0 Å². The van der Waals surface area contributed by atoms with E-state index in [0.29, 0.717) is 22.5 Å². The van der Waals surface area contributed by atoms with Crippen LogP contribution in [0.25, 0.3) is 17.3 Å². The largest absolute Gasteiger partial charge is 0.416 e. The second kappa shape index (κ2) is 9.45. The van der Waals surface area contributed by atoms with Crippen molar-refractivity contribution in [2.45, 2.75) is 25.4 Å². The van der Waals surface area contributed by atoms with Gasteiger partial charge in [0.1, 0.15) is 12.1 Å². The number of aromatic nitrogens is 3.